The molecule has 0 aliphatic heterocycles. The average Bonchev–Trinajstić information content (AvgIpc) is 3.38. The van der Waals surface area contributed by atoms with E-state index in [9.17, 15) is 17.4 Å². The number of alkyl halides is 3. The van der Waals surface area contributed by atoms with E-state index in [2.05, 4.69) is 19.6 Å². The zero-order valence-electron chi connectivity index (χ0n) is 15.2. The third-order valence-electron chi connectivity index (χ3n) is 4.20. The van der Waals surface area contributed by atoms with E-state index in [-0.39, 0.29) is 11.6 Å². The Morgan fingerprint density at radius 2 is 1.77 bits per heavy atom. The zero-order chi connectivity index (χ0) is 21.4. The first-order chi connectivity index (χ1) is 14.2. The number of aromatic nitrogens is 4. The Labute approximate surface area is 169 Å². The summed E-state index contributed by atoms with van der Waals surface area (Å²) in [7, 11) is -3.03. The Hall–Kier alpha value is -3.47. The summed E-state index contributed by atoms with van der Waals surface area (Å²) in [5.74, 6) is -1.61. The van der Waals surface area contributed by atoms with Crippen LogP contribution in [0.2, 0.25) is 0 Å². The molecule has 0 saturated carbocycles. The predicted octanol–water partition coefficient (Wildman–Crippen LogP) is 4.55. The van der Waals surface area contributed by atoms with E-state index >= 15 is 0 Å². The normalized spacial score (nSPS) is 13.8. The van der Waals surface area contributed by atoms with Gasteiger partial charge in [-0.3, -0.25) is 0 Å². The number of hydrogen-bond donors (Lipinski definition) is 1. The second kappa shape index (κ2) is 7.41. The van der Waals surface area contributed by atoms with Crippen molar-refractivity contribution in [3.8, 4) is 17.1 Å². The molecule has 1 atom stereocenters. The maximum absolute atomic E-state index is 12.7. The van der Waals surface area contributed by atoms with Crippen molar-refractivity contribution in [3.05, 3.63) is 78.7 Å². The molecule has 2 aromatic carbocycles. The second-order valence-corrected chi connectivity index (χ2v) is 8.48. The van der Waals surface area contributed by atoms with E-state index in [1.54, 1.807) is 65.4 Å². The molecule has 0 amide bonds. The number of nitrogens with zero attached hydrogens (tertiary/aromatic N) is 4. The van der Waals surface area contributed by atoms with E-state index in [1.807, 2.05) is 0 Å². The number of nitrogens with one attached hydrogen (secondary N) is 1. The second-order valence-electron chi connectivity index (χ2n) is 6.37. The van der Waals surface area contributed by atoms with Gasteiger partial charge in [-0.1, -0.05) is 23.4 Å². The number of rotatable bonds is 5. The zero-order valence-corrected chi connectivity index (χ0v) is 16.0. The van der Waals surface area contributed by atoms with Gasteiger partial charge in [0.25, 0.3) is 0 Å². The average molecular weight is 433 g/mol. The third kappa shape index (κ3) is 4.10. The molecule has 0 spiro atoms. The van der Waals surface area contributed by atoms with Crippen molar-refractivity contribution >= 4 is 9.73 Å². The van der Waals surface area contributed by atoms with Crippen molar-refractivity contribution in [3.63, 3.8) is 0 Å². The van der Waals surface area contributed by atoms with Gasteiger partial charge in [0.05, 0.1) is 27.5 Å². The van der Waals surface area contributed by atoms with E-state index in [1.165, 1.54) is 6.33 Å². The molecule has 4 rings (SSSR count). The highest BCUT2D eigenvalue weighted by Gasteiger charge is 2.38. The van der Waals surface area contributed by atoms with Crippen LogP contribution in [0, 0.1) is 4.78 Å². The van der Waals surface area contributed by atoms with Crippen LogP contribution in [0.1, 0.15) is 11.6 Å². The van der Waals surface area contributed by atoms with E-state index in [4.69, 9.17) is 4.78 Å². The molecule has 1 unspecified atom stereocenters. The summed E-state index contributed by atoms with van der Waals surface area (Å²) in [5.41, 5.74) is 1.51. The number of benzene rings is 2. The van der Waals surface area contributed by atoms with Crippen molar-refractivity contribution in [2.45, 2.75) is 16.8 Å². The molecule has 154 valence electrons. The minimum atomic E-state index is -4.70. The standard InChI is InChI=1S/C19H14F3N5O2S/c20-19(21,22)18-25-17(26-29-18)13-6-8-15(9-7-13)27-10-14(24-12-27)11-30(23,28)16-4-2-1-3-5-16/h1-10,12,23H,11H2. The van der Waals surface area contributed by atoms with Gasteiger partial charge in [0.1, 0.15) is 0 Å². The van der Waals surface area contributed by atoms with Crippen molar-refractivity contribution in [2.75, 3.05) is 0 Å². The summed E-state index contributed by atoms with van der Waals surface area (Å²) in [4.78, 5) is 8.00. The lowest BCUT2D eigenvalue weighted by molar-refractivity contribution is -0.159. The molecule has 7 nitrogen and oxygen atoms in total. The smallest absolute Gasteiger partial charge is 0.329 e. The van der Waals surface area contributed by atoms with Gasteiger partial charge in [0, 0.05) is 22.3 Å². The summed E-state index contributed by atoms with van der Waals surface area (Å²) in [6.07, 6.45) is -1.53. The van der Waals surface area contributed by atoms with Crippen LogP contribution in [-0.4, -0.2) is 23.9 Å². The summed E-state index contributed by atoms with van der Waals surface area (Å²) < 4.78 is 64.5. The van der Waals surface area contributed by atoms with Gasteiger partial charge in [-0.15, -0.1) is 0 Å². The lowest BCUT2D eigenvalue weighted by Crippen LogP contribution is -2.04. The highest BCUT2D eigenvalue weighted by Crippen LogP contribution is 2.29. The third-order valence-corrected chi connectivity index (χ3v) is 5.94. The fraction of sp³-hybridized carbons (Fsp3) is 0.105. The van der Waals surface area contributed by atoms with Crippen LogP contribution in [-0.2, 0) is 21.7 Å². The topological polar surface area (TPSA) is 97.7 Å². The van der Waals surface area contributed by atoms with Crippen molar-refractivity contribution < 1.29 is 21.9 Å². The number of imidazole rings is 1. The molecule has 30 heavy (non-hydrogen) atoms. The number of halogens is 3. The SMILES string of the molecule is N=S(=O)(Cc1cn(-c2ccc(-c3noc(C(F)(F)F)n3)cc2)cn1)c1ccccc1. The molecule has 0 saturated heterocycles. The maximum Gasteiger partial charge on any atom is 0.471 e. The van der Waals surface area contributed by atoms with Crippen LogP contribution in [0.4, 0.5) is 13.2 Å². The van der Waals surface area contributed by atoms with E-state index in [0.717, 1.165) is 0 Å². The molecular weight excluding hydrogens is 419 g/mol. The van der Waals surface area contributed by atoms with Gasteiger partial charge in [-0.05, 0) is 36.4 Å². The quantitative estimate of drug-likeness (QED) is 0.498. The largest absolute Gasteiger partial charge is 0.471 e. The van der Waals surface area contributed by atoms with E-state index in [0.29, 0.717) is 21.8 Å². The van der Waals surface area contributed by atoms with Gasteiger partial charge in [0.2, 0.25) is 5.82 Å². The molecule has 2 heterocycles. The van der Waals surface area contributed by atoms with Crippen LogP contribution >= 0.6 is 0 Å². The summed E-state index contributed by atoms with van der Waals surface area (Å²) in [6, 6.07) is 14.9. The Balaban J connectivity index is 1.52. The summed E-state index contributed by atoms with van der Waals surface area (Å²) in [6.45, 7) is 0. The molecule has 0 fully saturated rings. The molecule has 0 radical (unpaired) electrons. The predicted molar refractivity (Wildman–Crippen MR) is 101 cm³/mol. The van der Waals surface area contributed by atoms with Crippen molar-refractivity contribution in [1.82, 2.24) is 19.7 Å². The fourth-order valence-electron chi connectivity index (χ4n) is 2.75. The molecule has 2 aromatic heterocycles. The summed E-state index contributed by atoms with van der Waals surface area (Å²) in [5, 5.41) is 3.35. The fourth-order valence-corrected chi connectivity index (χ4v) is 4.08. The van der Waals surface area contributed by atoms with Crippen molar-refractivity contribution in [2.24, 2.45) is 0 Å². The lowest BCUT2D eigenvalue weighted by Gasteiger charge is -2.05. The molecular formula is C19H14F3N5O2S. The lowest BCUT2D eigenvalue weighted by atomic mass is 10.2. The Morgan fingerprint density at radius 3 is 2.40 bits per heavy atom. The van der Waals surface area contributed by atoms with Gasteiger partial charge >= 0.3 is 12.1 Å². The highest BCUT2D eigenvalue weighted by molar-refractivity contribution is 7.91. The first-order valence-electron chi connectivity index (χ1n) is 8.58. The van der Waals surface area contributed by atoms with Crippen LogP contribution in [0.3, 0.4) is 0 Å². The summed E-state index contributed by atoms with van der Waals surface area (Å²) >= 11 is 0. The van der Waals surface area contributed by atoms with Crippen LogP contribution in [0.25, 0.3) is 17.1 Å². The number of hydrogen-bond acceptors (Lipinski definition) is 6. The molecule has 11 heteroatoms. The first kappa shape index (κ1) is 19.8. The maximum atomic E-state index is 12.7. The van der Waals surface area contributed by atoms with Gasteiger partial charge in [-0.2, -0.15) is 18.2 Å². The molecule has 0 bridgehead atoms. The van der Waals surface area contributed by atoms with Crippen molar-refractivity contribution in [1.29, 1.82) is 4.78 Å². The Bertz CT molecular complexity index is 1260. The molecule has 0 aliphatic rings. The molecule has 0 aliphatic carbocycles. The van der Waals surface area contributed by atoms with Crippen LogP contribution in [0.15, 0.2) is 76.5 Å². The Kier molecular flexibility index (Phi) is 4.90. The van der Waals surface area contributed by atoms with Gasteiger partial charge in [-0.25, -0.2) is 14.0 Å². The van der Waals surface area contributed by atoms with Gasteiger partial charge in [0.15, 0.2) is 0 Å². The molecule has 1 N–H and O–H groups in total. The monoisotopic (exact) mass is 433 g/mol. The van der Waals surface area contributed by atoms with Crippen LogP contribution < -0.4 is 0 Å². The van der Waals surface area contributed by atoms with Crippen LogP contribution in [0.5, 0.6) is 0 Å². The minimum absolute atomic E-state index is 0.0365. The van der Waals surface area contributed by atoms with E-state index < -0.39 is 21.8 Å². The Morgan fingerprint density at radius 1 is 1.07 bits per heavy atom. The highest BCUT2D eigenvalue weighted by atomic mass is 32.2. The van der Waals surface area contributed by atoms with Gasteiger partial charge < -0.3 is 9.09 Å². The molecule has 4 aromatic rings. The minimum Gasteiger partial charge on any atom is -0.329 e. The first-order valence-corrected chi connectivity index (χ1v) is 10.3.